The molecule has 4 heteroatoms. The zero-order valence-corrected chi connectivity index (χ0v) is 12.8. The smallest absolute Gasteiger partial charge is 0.175 e. The summed E-state index contributed by atoms with van der Waals surface area (Å²) in [7, 11) is 0. The number of rotatable bonds is 4. The van der Waals surface area contributed by atoms with Crippen LogP contribution in [0.25, 0.3) is 11.0 Å². The summed E-state index contributed by atoms with van der Waals surface area (Å²) in [6.45, 7) is 3.97. The number of ketones is 1. The molecule has 1 atom stereocenters. The number of hydrogen-bond acceptors (Lipinski definition) is 3. The number of nitrogens with one attached hydrogen (secondary N) is 1. The van der Waals surface area contributed by atoms with Gasteiger partial charge in [0.2, 0.25) is 0 Å². The Morgan fingerprint density at radius 1 is 1.19 bits per heavy atom. The molecule has 0 aliphatic heterocycles. The van der Waals surface area contributed by atoms with Gasteiger partial charge in [0.05, 0.1) is 16.3 Å². The van der Waals surface area contributed by atoms with Gasteiger partial charge >= 0.3 is 0 Å². The number of nitrogens with zero attached hydrogens (tertiary/aromatic N) is 1. The van der Waals surface area contributed by atoms with Crippen LogP contribution in [0.4, 0.5) is 0 Å². The third kappa shape index (κ3) is 3.00. The zero-order valence-electron chi connectivity index (χ0n) is 12.0. The predicted octanol–water partition coefficient (Wildman–Crippen LogP) is 4.23. The standard InChI is InChI=1S/C17H16N2OS/c1-11-8-9-14-15(10-11)19-17(18-14)21-12(2)16(20)13-6-4-3-5-7-13/h3-10,12H,1-2H3,(H,18,19)/t12-/m0/s1. The van der Waals surface area contributed by atoms with Crippen LogP contribution in [0.15, 0.2) is 53.7 Å². The first-order chi connectivity index (χ1) is 10.1. The molecule has 3 aromatic rings. The molecule has 0 aliphatic rings. The summed E-state index contributed by atoms with van der Waals surface area (Å²) in [6.07, 6.45) is 0. The fraction of sp³-hybridized carbons (Fsp3) is 0.176. The molecule has 0 unspecified atom stereocenters. The van der Waals surface area contributed by atoms with E-state index in [2.05, 4.69) is 23.0 Å². The van der Waals surface area contributed by atoms with Crippen molar-refractivity contribution in [1.82, 2.24) is 9.97 Å². The summed E-state index contributed by atoms with van der Waals surface area (Å²) in [5.74, 6) is 0.122. The van der Waals surface area contributed by atoms with Crippen LogP contribution in [0.5, 0.6) is 0 Å². The Morgan fingerprint density at radius 2 is 1.95 bits per heavy atom. The summed E-state index contributed by atoms with van der Waals surface area (Å²) < 4.78 is 0. The molecule has 2 aromatic carbocycles. The minimum absolute atomic E-state index is 0.122. The Morgan fingerprint density at radius 3 is 2.71 bits per heavy atom. The Bertz CT molecular complexity index is 780. The number of benzene rings is 2. The van der Waals surface area contributed by atoms with Gasteiger partial charge in [-0.2, -0.15) is 0 Å². The highest BCUT2D eigenvalue weighted by atomic mass is 32.2. The lowest BCUT2D eigenvalue weighted by Gasteiger charge is -2.07. The Kier molecular flexibility index (Phi) is 3.80. The molecule has 3 rings (SSSR count). The number of hydrogen-bond donors (Lipinski definition) is 1. The van der Waals surface area contributed by atoms with Gasteiger partial charge < -0.3 is 4.98 Å². The van der Waals surface area contributed by atoms with E-state index in [0.29, 0.717) is 0 Å². The second-order valence-corrected chi connectivity index (χ2v) is 6.38. The number of Topliss-reactive ketones (excluding diaryl/α,β-unsaturated/α-hetero) is 1. The second kappa shape index (κ2) is 5.74. The van der Waals surface area contributed by atoms with E-state index in [0.717, 1.165) is 21.8 Å². The molecule has 21 heavy (non-hydrogen) atoms. The van der Waals surface area contributed by atoms with Crippen molar-refractivity contribution >= 4 is 28.6 Å². The van der Waals surface area contributed by atoms with Crippen LogP contribution < -0.4 is 0 Å². The van der Waals surface area contributed by atoms with E-state index in [4.69, 9.17) is 0 Å². The maximum atomic E-state index is 12.4. The molecule has 0 spiro atoms. The largest absolute Gasteiger partial charge is 0.333 e. The van der Waals surface area contributed by atoms with Crippen LogP contribution in [0.3, 0.4) is 0 Å². The number of carbonyl (C=O) groups excluding carboxylic acids is 1. The van der Waals surface area contributed by atoms with Crippen LogP contribution in [0.2, 0.25) is 0 Å². The SMILES string of the molecule is Cc1ccc2nc(S[C@@H](C)C(=O)c3ccccc3)[nH]c2c1. The number of fused-ring (bicyclic) bond motifs is 1. The maximum absolute atomic E-state index is 12.4. The van der Waals surface area contributed by atoms with Crippen LogP contribution >= 0.6 is 11.8 Å². The van der Waals surface area contributed by atoms with Crippen molar-refractivity contribution in [3.8, 4) is 0 Å². The molecule has 0 bridgehead atoms. The Hall–Kier alpha value is -2.07. The van der Waals surface area contributed by atoms with Crippen LogP contribution in [-0.4, -0.2) is 21.0 Å². The lowest BCUT2D eigenvalue weighted by atomic mass is 10.1. The predicted molar refractivity (Wildman–Crippen MR) is 86.9 cm³/mol. The summed E-state index contributed by atoms with van der Waals surface area (Å²) in [6, 6.07) is 15.5. The van der Waals surface area contributed by atoms with Crippen molar-refractivity contribution in [3.63, 3.8) is 0 Å². The second-order valence-electron chi connectivity index (χ2n) is 5.05. The molecule has 0 aliphatic carbocycles. The van der Waals surface area contributed by atoms with Crippen molar-refractivity contribution in [2.24, 2.45) is 0 Å². The van der Waals surface area contributed by atoms with Crippen molar-refractivity contribution < 1.29 is 4.79 Å². The van der Waals surface area contributed by atoms with E-state index >= 15 is 0 Å². The Labute approximate surface area is 127 Å². The maximum Gasteiger partial charge on any atom is 0.175 e. The van der Waals surface area contributed by atoms with Gasteiger partial charge in [-0.1, -0.05) is 48.2 Å². The molecular formula is C17H16N2OS. The third-order valence-electron chi connectivity index (χ3n) is 3.33. The van der Waals surface area contributed by atoms with Gasteiger partial charge in [0.15, 0.2) is 10.9 Å². The molecule has 1 heterocycles. The summed E-state index contributed by atoms with van der Waals surface area (Å²) in [5.41, 5.74) is 3.87. The summed E-state index contributed by atoms with van der Waals surface area (Å²) in [4.78, 5) is 20.2. The first kappa shape index (κ1) is 13.9. The normalized spacial score (nSPS) is 12.5. The average Bonchev–Trinajstić information content (AvgIpc) is 2.88. The molecule has 0 amide bonds. The highest BCUT2D eigenvalue weighted by Gasteiger charge is 2.18. The van der Waals surface area contributed by atoms with Gasteiger partial charge in [0, 0.05) is 5.56 Å². The Balaban J connectivity index is 1.80. The number of aromatic nitrogens is 2. The van der Waals surface area contributed by atoms with Gasteiger partial charge in [-0.15, -0.1) is 0 Å². The van der Waals surface area contributed by atoms with Gasteiger partial charge in [-0.3, -0.25) is 4.79 Å². The number of aromatic amines is 1. The van der Waals surface area contributed by atoms with E-state index in [1.54, 1.807) is 0 Å². The monoisotopic (exact) mass is 296 g/mol. The minimum Gasteiger partial charge on any atom is -0.333 e. The van der Waals surface area contributed by atoms with Crippen LogP contribution in [-0.2, 0) is 0 Å². The van der Waals surface area contributed by atoms with Gasteiger partial charge in [-0.05, 0) is 31.5 Å². The summed E-state index contributed by atoms with van der Waals surface area (Å²) >= 11 is 1.46. The quantitative estimate of drug-likeness (QED) is 0.578. The number of thioether (sulfide) groups is 1. The van der Waals surface area contributed by atoms with Crippen molar-refractivity contribution in [2.75, 3.05) is 0 Å². The third-order valence-corrected chi connectivity index (χ3v) is 4.32. The first-order valence-corrected chi connectivity index (χ1v) is 7.74. The fourth-order valence-electron chi connectivity index (χ4n) is 2.21. The lowest BCUT2D eigenvalue weighted by molar-refractivity contribution is 0.0994. The van der Waals surface area contributed by atoms with E-state index in [1.165, 1.54) is 17.3 Å². The number of H-pyrrole nitrogens is 1. The van der Waals surface area contributed by atoms with Gasteiger partial charge in [0.1, 0.15) is 0 Å². The average molecular weight is 296 g/mol. The molecule has 0 radical (unpaired) electrons. The van der Waals surface area contributed by atoms with E-state index in [1.807, 2.05) is 49.4 Å². The molecule has 3 nitrogen and oxygen atoms in total. The van der Waals surface area contributed by atoms with E-state index in [-0.39, 0.29) is 11.0 Å². The number of aryl methyl sites for hydroxylation is 1. The van der Waals surface area contributed by atoms with Crippen LogP contribution in [0.1, 0.15) is 22.8 Å². The zero-order chi connectivity index (χ0) is 14.8. The molecule has 0 saturated heterocycles. The molecule has 1 N–H and O–H groups in total. The number of imidazole rings is 1. The first-order valence-electron chi connectivity index (χ1n) is 6.86. The summed E-state index contributed by atoms with van der Waals surface area (Å²) in [5, 5.41) is 0.612. The molecule has 0 saturated carbocycles. The van der Waals surface area contributed by atoms with Gasteiger partial charge in [-0.25, -0.2) is 4.98 Å². The number of carbonyl (C=O) groups is 1. The van der Waals surface area contributed by atoms with Crippen molar-refractivity contribution in [3.05, 3.63) is 59.7 Å². The molecule has 1 aromatic heterocycles. The highest BCUT2D eigenvalue weighted by Crippen LogP contribution is 2.25. The van der Waals surface area contributed by atoms with Gasteiger partial charge in [0.25, 0.3) is 0 Å². The van der Waals surface area contributed by atoms with Crippen LogP contribution in [0, 0.1) is 6.92 Å². The van der Waals surface area contributed by atoms with Crippen molar-refractivity contribution in [1.29, 1.82) is 0 Å². The highest BCUT2D eigenvalue weighted by molar-refractivity contribution is 8.00. The molecule has 106 valence electrons. The molecule has 0 fully saturated rings. The topological polar surface area (TPSA) is 45.8 Å². The van der Waals surface area contributed by atoms with E-state index in [9.17, 15) is 4.79 Å². The molecular weight excluding hydrogens is 280 g/mol. The fourth-order valence-corrected chi connectivity index (χ4v) is 3.11. The lowest BCUT2D eigenvalue weighted by Crippen LogP contribution is -2.13. The van der Waals surface area contributed by atoms with Crippen molar-refractivity contribution in [2.45, 2.75) is 24.3 Å². The van der Waals surface area contributed by atoms with E-state index < -0.39 is 0 Å². The minimum atomic E-state index is -0.172.